The van der Waals surface area contributed by atoms with Gasteiger partial charge in [-0.1, -0.05) is 37.3 Å². The van der Waals surface area contributed by atoms with Gasteiger partial charge in [-0.15, -0.1) is 0 Å². The number of rotatable bonds is 2. The normalized spacial score (nSPS) is 16.4. The molecule has 0 unspecified atom stereocenters. The van der Waals surface area contributed by atoms with Crippen molar-refractivity contribution in [3.05, 3.63) is 35.9 Å². The minimum Gasteiger partial charge on any atom is -0.388 e. The molecule has 4 heteroatoms. The smallest absolute Gasteiger partial charge is 0.388 e. The van der Waals surface area contributed by atoms with Gasteiger partial charge >= 0.3 is 6.18 Å². The van der Waals surface area contributed by atoms with Crippen LogP contribution in [0.2, 0.25) is 0 Å². The average molecular weight is 204 g/mol. The second kappa shape index (κ2) is 4.00. The molecule has 1 aromatic carbocycles. The fourth-order valence-electron chi connectivity index (χ4n) is 1.12. The van der Waals surface area contributed by atoms with Crippen LogP contribution >= 0.6 is 0 Å². The zero-order valence-corrected chi connectivity index (χ0v) is 7.62. The fourth-order valence-corrected chi connectivity index (χ4v) is 1.12. The zero-order chi connectivity index (χ0) is 10.8. The van der Waals surface area contributed by atoms with E-state index in [1.807, 2.05) is 0 Å². The van der Waals surface area contributed by atoms with Crippen LogP contribution in [0.1, 0.15) is 18.6 Å². The van der Waals surface area contributed by atoms with Crippen molar-refractivity contribution < 1.29 is 18.3 Å². The highest BCUT2D eigenvalue weighted by Crippen LogP contribution is 2.35. The predicted molar refractivity (Wildman–Crippen MR) is 46.6 cm³/mol. The van der Waals surface area contributed by atoms with Crippen LogP contribution in [-0.2, 0) is 0 Å². The topological polar surface area (TPSA) is 20.2 Å². The lowest BCUT2D eigenvalue weighted by Crippen LogP contribution is -2.26. The van der Waals surface area contributed by atoms with Crippen molar-refractivity contribution in [2.75, 3.05) is 0 Å². The summed E-state index contributed by atoms with van der Waals surface area (Å²) < 4.78 is 36.7. The van der Waals surface area contributed by atoms with Crippen LogP contribution in [-0.4, -0.2) is 11.3 Å². The summed E-state index contributed by atoms with van der Waals surface area (Å²) in [6.07, 6.45) is -5.86. The molecule has 0 amide bonds. The highest BCUT2D eigenvalue weighted by Gasteiger charge is 2.41. The third-order valence-corrected chi connectivity index (χ3v) is 2.13. The lowest BCUT2D eigenvalue weighted by Gasteiger charge is -2.21. The molecule has 1 aromatic rings. The van der Waals surface area contributed by atoms with Gasteiger partial charge in [0.05, 0.1) is 12.0 Å². The number of aliphatic hydroxyl groups excluding tert-OH is 1. The summed E-state index contributed by atoms with van der Waals surface area (Å²) in [5.41, 5.74) is 0.289. The van der Waals surface area contributed by atoms with Gasteiger partial charge in [0.25, 0.3) is 0 Å². The van der Waals surface area contributed by atoms with Gasteiger partial charge in [0, 0.05) is 0 Å². The molecule has 0 fully saturated rings. The first kappa shape index (κ1) is 11.0. The van der Waals surface area contributed by atoms with E-state index in [9.17, 15) is 18.3 Å². The van der Waals surface area contributed by atoms with Crippen LogP contribution in [0.25, 0.3) is 0 Å². The molecule has 0 aliphatic heterocycles. The molecule has 78 valence electrons. The largest absolute Gasteiger partial charge is 0.394 e. The summed E-state index contributed by atoms with van der Waals surface area (Å²) >= 11 is 0. The lowest BCUT2D eigenvalue weighted by atomic mass is 9.97. The van der Waals surface area contributed by atoms with Crippen molar-refractivity contribution in [1.82, 2.24) is 0 Å². The van der Waals surface area contributed by atoms with E-state index >= 15 is 0 Å². The maximum atomic E-state index is 12.2. The van der Waals surface area contributed by atoms with E-state index in [2.05, 4.69) is 0 Å². The van der Waals surface area contributed by atoms with Crippen LogP contribution in [0.4, 0.5) is 13.2 Å². The fraction of sp³-hybridized carbons (Fsp3) is 0.400. The minimum atomic E-state index is -4.37. The Bertz CT molecular complexity index is 281. The molecule has 0 saturated heterocycles. The number of benzene rings is 1. The van der Waals surface area contributed by atoms with Crippen LogP contribution < -0.4 is 0 Å². The molecule has 0 bridgehead atoms. The first-order valence-corrected chi connectivity index (χ1v) is 4.22. The summed E-state index contributed by atoms with van der Waals surface area (Å²) in [7, 11) is 0. The molecule has 0 aliphatic carbocycles. The van der Waals surface area contributed by atoms with Gasteiger partial charge in [-0.25, -0.2) is 0 Å². The number of hydrogen-bond donors (Lipinski definition) is 1. The third-order valence-electron chi connectivity index (χ3n) is 2.13. The Labute approximate surface area is 80.2 Å². The number of aliphatic hydroxyl groups is 1. The van der Waals surface area contributed by atoms with Gasteiger partial charge in [0.15, 0.2) is 0 Å². The Kier molecular flexibility index (Phi) is 3.16. The van der Waals surface area contributed by atoms with Crippen molar-refractivity contribution in [3.63, 3.8) is 0 Å². The Morgan fingerprint density at radius 2 is 1.64 bits per heavy atom. The molecule has 2 atom stereocenters. The van der Waals surface area contributed by atoms with E-state index < -0.39 is 18.2 Å². The molecule has 1 nitrogen and oxygen atoms in total. The third kappa shape index (κ3) is 2.48. The quantitative estimate of drug-likeness (QED) is 0.785. The van der Waals surface area contributed by atoms with Crippen molar-refractivity contribution >= 4 is 0 Å². The standard InChI is InChI=1S/C10H11F3O/c1-7(10(11,12)13)9(14)8-5-3-2-4-6-8/h2-7,9,14H,1H3/t7-,9-/m0/s1. The Morgan fingerprint density at radius 1 is 1.14 bits per heavy atom. The molecule has 0 saturated carbocycles. The number of halogens is 3. The minimum absolute atomic E-state index is 0.289. The van der Waals surface area contributed by atoms with Gasteiger partial charge in [-0.3, -0.25) is 0 Å². The van der Waals surface area contributed by atoms with E-state index in [0.29, 0.717) is 0 Å². The molecule has 1 N–H and O–H groups in total. The molecule has 0 radical (unpaired) electrons. The van der Waals surface area contributed by atoms with Crippen molar-refractivity contribution in [3.8, 4) is 0 Å². The van der Waals surface area contributed by atoms with E-state index in [1.54, 1.807) is 18.2 Å². The molecule has 0 spiro atoms. The van der Waals surface area contributed by atoms with E-state index in [4.69, 9.17) is 0 Å². The van der Waals surface area contributed by atoms with E-state index in [0.717, 1.165) is 6.92 Å². The molecule has 14 heavy (non-hydrogen) atoms. The van der Waals surface area contributed by atoms with Crippen molar-refractivity contribution in [1.29, 1.82) is 0 Å². The monoisotopic (exact) mass is 204 g/mol. The highest BCUT2D eigenvalue weighted by molar-refractivity contribution is 5.18. The zero-order valence-electron chi connectivity index (χ0n) is 7.62. The molecule has 0 aromatic heterocycles. The Hall–Kier alpha value is -1.03. The number of hydrogen-bond acceptors (Lipinski definition) is 1. The summed E-state index contributed by atoms with van der Waals surface area (Å²) in [6, 6.07) is 7.84. The lowest BCUT2D eigenvalue weighted by molar-refractivity contribution is -0.195. The van der Waals surface area contributed by atoms with Gasteiger partial charge < -0.3 is 5.11 Å². The molecule has 0 heterocycles. The molecule has 0 aliphatic rings. The second-order valence-corrected chi connectivity index (χ2v) is 3.19. The first-order chi connectivity index (χ1) is 6.43. The average Bonchev–Trinajstić information content (AvgIpc) is 2.15. The van der Waals surface area contributed by atoms with Gasteiger partial charge in [0.2, 0.25) is 0 Å². The second-order valence-electron chi connectivity index (χ2n) is 3.19. The maximum Gasteiger partial charge on any atom is 0.394 e. The van der Waals surface area contributed by atoms with E-state index in [-0.39, 0.29) is 5.56 Å². The molecule has 1 rings (SSSR count). The van der Waals surface area contributed by atoms with Gasteiger partial charge in [-0.05, 0) is 5.56 Å². The Balaban J connectivity index is 2.81. The van der Waals surface area contributed by atoms with E-state index in [1.165, 1.54) is 12.1 Å². The van der Waals surface area contributed by atoms with Crippen molar-refractivity contribution in [2.24, 2.45) is 5.92 Å². The summed E-state index contributed by atoms with van der Waals surface area (Å²) in [6.45, 7) is 0.970. The van der Waals surface area contributed by atoms with Crippen molar-refractivity contribution in [2.45, 2.75) is 19.2 Å². The van der Waals surface area contributed by atoms with Gasteiger partial charge in [-0.2, -0.15) is 13.2 Å². The van der Waals surface area contributed by atoms with Crippen LogP contribution in [0.3, 0.4) is 0 Å². The number of alkyl halides is 3. The first-order valence-electron chi connectivity index (χ1n) is 4.22. The predicted octanol–water partition coefficient (Wildman–Crippen LogP) is 2.92. The highest BCUT2D eigenvalue weighted by atomic mass is 19.4. The van der Waals surface area contributed by atoms with Crippen LogP contribution in [0.5, 0.6) is 0 Å². The van der Waals surface area contributed by atoms with Crippen LogP contribution in [0, 0.1) is 5.92 Å². The summed E-state index contributed by atoms with van der Waals surface area (Å²) in [5.74, 6) is -1.75. The SMILES string of the molecule is C[C@@H]([C@H](O)c1ccccc1)C(F)(F)F. The summed E-state index contributed by atoms with van der Waals surface area (Å²) in [5, 5.41) is 9.40. The van der Waals surface area contributed by atoms with Gasteiger partial charge in [0.1, 0.15) is 0 Å². The van der Waals surface area contributed by atoms with Crippen LogP contribution in [0.15, 0.2) is 30.3 Å². The summed E-state index contributed by atoms with van der Waals surface area (Å²) in [4.78, 5) is 0. The Morgan fingerprint density at radius 3 is 2.07 bits per heavy atom. The molecular weight excluding hydrogens is 193 g/mol. The maximum absolute atomic E-state index is 12.2. The molecular formula is C10H11F3O.